The largest absolute Gasteiger partial charge is 0.445 e. The number of aromatic nitrogens is 2. The van der Waals surface area contributed by atoms with Gasteiger partial charge in [0.2, 0.25) is 16.0 Å². The van der Waals surface area contributed by atoms with Crippen LogP contribution in [0.15, 0.2) is 0 Å². The average Bonchev–Trinajstić information content (AvgIpc) is 2.82. The number of nitrogens with zero attached hydrogens (tertiary/aromatic N) is 3. The van der Waals surface area contributed by atoms with Crippen LogP contribution in [0.4, 0.5) is 18.3 Å². The molecule has 1 aliphatic heterocycles. The summed E-state index contributed by atoms with van der Waals surface area (Å²) >= 11 is 5.98. The molecule has 1 fully saturated rings. The molecule has 1 amide bonds. The van der Waals surface area contributed by atoms with Crippen LogP contribution < -0.4 is 4.90 Å². The number of hydrogen-bond donors (Lipinski definition) is 0. The molecule has 0 saturated carbocycles. The lowest BCUT2D eigenvalue weighted by molar-refractivity contribution is -0.138. The lowest BCUT2D eigenvalue weighted by atomic mass is 10.2. The van der Waals surface area contributed by atoms with Crippen molar-refractivity contribution >= 4 is 34.0 Å². The number of carbonyl (C=O) groups excluding carboxylic acids is 1. The van der Waals surface area contributed by atoms with E-state index in [1.807, 2.05) is 0 Å². The molecule has 1 aliphatic rings. The SMILES string of the molecule is O=C1CC(CCl)CN1c1nnc(C(F)(F)F)s1. The number of amides is 1. The van der Waals surface area contributed by atoms with E-state index >= 15 is 0 Å². The Balaban J connectivity index is 2.19. The summed E-state index contributed by atoms with van der Waals surface area (Å²) in [4.78, 5) is 12.7. The van der Waals surface area contributed by atoms with Crippen LogP contribution in [-0.2, 0) is 11.0 Å². The van der Waals surface area contributed by atoms with Gasteiger partial charge in [-0.3, -0.25) is 9.69 Å². The first-order valence-corrected chi connectivity index (χ1v) is 6.04. The van der Waals surface area contributed by atoms with Crippen LogP contribution in [-0.4, -0.2) is 28.5 Å². The zero-order chi connectivity index (χ0) is 12.6. The summed E-state index contributed by atoms with van der Waals surface area (Å²) in [7, 11) is 0. The van der Waals surface area contributed by atoms with Gasteiger partial charge in [0.15, 0.2) is 0 Å². The second kappa shape index (κ2) is 4.41. The highest BCUT2D eigenvalue weighted by Crippen LogP contribution is 2.36. The molecular weight excluding hydrogens is 279 g/mol. The van der Waals surface area contributed by atoms with Gasteiger partial charge in [-0.15, -0.1) is 21.8 Å². The minimum atomic E-state index is -4.52. The lowest BCUT2D eigenvalue weighted by Crippen LogP contribution is -2.24. The van der Waals surface area contributed by atoms with Crippen LogP contribution in [0.25, 0.3) is 0 Å². The van der Waals surface area contributed by atoms with E-state index in [9.17, 15) is 18.0 Å². The van der Waals surface area contributed by atoms with Crippen molar-refractivity contribution in [3.8, 4) is 0 Å². The summed E-state index contributed by atoms with van der Waals surface area (Å²) < 4.78 is 36.9. The summed E-state index contributed by atoms with van der Waals surface area (Å²) in [6.07, 6.45) is -4.28. The zero-order valence-corrected chi connectivity index (χ0v) is 9.94. The fourth-order valence-corrected chi connectivity index (χ4v) is 2.45. The molecule has 0 N–H and O–H groups in total. The third kappa shape index (κ3) is 2.52. The summed E-state index contributed by atoms with van der Waals surface area (Å²) in [6.45, 7) is 0.300. The van der Waals surface area contributed by atoms with Crippen LogP contribution in [0.3, 0.4) is 0 Å². The Morgan fingerprint density at radius 3 is 2.65 bits per heavy atom. The first kappa shape index (κ1) is 12.6. The fourth-order valence-electron chi connectivity index (χ4n) is 1.51. The number of carbonyl (C=O) groups is 1. The molecule has 0 radical (unpaired) electrons. The molecule has 17 heavy (non-hydrogen) atoms. The predicted octanol–water partition coefficient (Wildman–Crippen LogP) is 2.15. The fraction of sp³-hybridized carbons (Fsp3) is 0.625. The predicted molar refractivity (Wildman–Crippen MR) is 56.1 cm³/mol. The Morgan fingerprint density at radius 1 is 1.47 bits per heavy atom. The molecule has 0 bridgehead atoms. The van der Waals surface area contributed by atoms with Gasteiger partial charge in [0.1, 0.15) is 0 Å². The van der Waals surface area contributed by atoms with Crippen molar-refractivity contribution in [2.75, 3.05) is 17.3 Å². The summed E-state index contributed by atoms with van der Waals surface area (Å²) in [5.41, 5.74) is 0. The van der Waals surface area contributed by atoms with Crippen LogP contribution in [0.5, 0.6) is 0 Å². The molecule has 1 atom stereocenters. The molecule has 94 valence electrons. The van der Waals surface area contributed by atoms with Gasteiger partial charge in [0.25, 0.3) is 0 Å². The van der Waals surface area contributed by atoms with E-state index in [2.05, 4.69) is 10.2 Å². The molecule has 9 heteroatoms. The first-order valence-electron chi connectivity index (χ1n) is 4.69. The van der Waals surface area contributed by atoms with Crippen LogP contribution in [0, 0.1) is 5.92 Å². The second-order valence-corrected chi connectivity index (χ2v) is 4.88. The normalized spacial score (nSPS) is 21.3. The monoisotopic (exact) mass is 285 g/mol. The van der Waals surface area contributed by atoms with Gasteiger partial charge in [-0.25, -0.2) is 0 Å². The average molecular weight is 286 g/mol. The van der Waals surface area contributed by atoms with Crippen molar-refractivity contribution in [2.24, 2.45) is 5.92 Å². The third-order valence-corrected chi connectivity index (χ3v) is 3.74. The van der Waals surface area contributed by atoms with Gasteiger partial charge in [-0.1, -0.05) is 11.3 Å². The van der Waals surface area contributed by atoms with Gasteiger partial charge in [0.05, 0.1) is 0 Å². The molecule has 1 aromatic rings. The number of anilines is 1. The molecule has 2 rings (SSSR count). The number of halogens is 4. The highest BCUT2D eigenvalue weighted by molar-refractivity contribution is 7.15. The molecule has 4 nitrogen and oxygen atoms in total. The van der Waals surface area contributed by atoms with Gasteiger partial charge in [-0.05, 0) is 5.92 Å². The minimum absolute atomic E-state index is 0.0186. The highest BCUT2D eigenvalue weighted by Gasteiger charge is 2.38. The van der Waals surface area contributed by atoms with Crippen LogP contribution in [0.1, 0.15) is 11.4 Å². The Morgan fingerprint density at radius 2 is 2.18 bits per heavy atom. The molecule has 0 aliphatic carbocycles. The van der Waals surface area contributed by atoms with E-state index in [1.165, 1.54) is 4.90 Å². The standard InChI is InChI=1S/C8H7ClF3N3OS/c9-2-4-1-5(16)15(3-4)7-14-13-6(17-7)8(10,11)12/h4H,1-3H2. The smallest absolute Gasteiger partial charge is 0.286 e. The second-order valence-electron chi connectivity index (χ2n) is 3.62. The van der Waals surface area contributed by atoms with E-state index in [0.717, 1.165) is 0 Å². The van der Waals surface area contributed by atoms with E-state index in [1.54, 1.807) is 0 Å². The topological polar surface area (TPSA) is 46.1 Å². The number of hydrogen-bond acceptors (Lipinski definition) is 4. The highest BCUT2D eigenvalue weighted by atomic mass is 35.5. The van der Waals surface area contributed by atoms with Crippen molar-refractivity contribution in [3.63, 3.8) is 0 Å². The maximum Gasteiger partial charge on any atom is 0.445 e. The van der Waals surface area contributed by atoms with E-state index in [4.69, 9.17) is 11.6 Å². The lowest BCUT2D eigenvalue weighted by Gasteiger charge is -2.10. The van der Waals surface area contributed by atoms with Crippen LogP contribution in [0.2, 0.25) is 0 Å². The Bertz CT molecular complexity index is 436. The summed E-state index contributed by atoms with van der Waals surface area (Å²) in [6, 6.07) is 0. The first-order chi connectivity index (χ1) is 7.91. The van der Waals surface area contributed by atoms with E-state index in [-0.39, 0.29) is 23.4 Å². The van der Waals surface area contributed by atoms with Crippen LogP contribution >= 0.6 is 22.9 Å². The van der Waals surface area contributed by atoms with Crippen molar-refractivity contribution < 1.29 is 18.0 Å². The van der Waals surface area contributed by atoms with E-state index in [0.29, 0.717) is 23.8 Å². The van der Waals surface area contributed by atoms with E-state index < -0.39 is 11.2 Å². The summed E-state index contributed by atoms with van der Waals surface area (Å²) in [5, 5.41) is 5.36. The van der Waals surface area contributed by atoms with Crippen molar-refractivity contribution in [1.29, 1.82) is 0 Å². The number of rotatable bonds is 2. The Labute approximate surface area is 103 Å². The molecule has 0 spiro atoms. The molecule has 2 heterocycles. The molecule has 1 unspecified atom stereocenters. The Hall–Kier alpha value is -0.890. The zero-order valence-electron chi connectivity index (χ0n) is 8.37. The van der Waals surface area contributed by atoms with Gasteiger partial charge < -0.3 is 0 Å². The summed E-state index contributed by atoms with van der Waals surface area (Å²) in [5.74, 6) is -0.00406. The van der Waals surface area contributed by atoms with Gasteiger partial charge >= 0.3 is 6.18 Å². The molecule has 1 saturated heterocycles. The van der Waals surface area contributed by atoms with Crippen molar-refractivity contribution in [1.82, 2.24) is 10.2 Å². The Kier molecular flexibility index (Phi) is 3.26. The maximum atomic E-state index is 12.3. The minimum Gasteiger partial charge on any atom is -0.286 e. The maximum absolute atomic E-state index is 12.3. The van der Waals surface area contributed by atoms with Crippen molar-refractivity contribution in [3.05, 3.63) is 5.01 Å². The number of alkyl halides is 4. The molecular formula is C8H7ClF3N3OS. The van der Waals surface area contributed by atoms with Gasteiger partial charge in [-0.2, -0.15) is 13.2 Å². The van der Waals surface area contributed by atoms with Gasteiger partial charge in [0, 0.05) is 18.8 Å². The third-order valence-electron chi connectivity index (χ3n) is 2.31. The van der Waals surface area contributed by atoms with Crippen molar-refractivity contribution in [2.45, 2.75) is 12.6 Å². The molecule has 1 aromatic heterocycles. The quantitative estimate of drug-likeness (QED) is 0.782. The molecule has 0 aromatic carbocycles.